The summed E-state index contributed by atoms with van der Waals surface area (Å²) in [4.78, 5) is 24.7. The molecule has 90 valence electrons. The van der Waals surface area contributed by atoms with Crippen molar-refractivity contribution in [1.82, 2.24) is 5.32 Å². The van der Waals surface area contributed by atoms with Gasteiger partial charge in [-0.15, -0.1) is 0 Å². The van der Waals surface area contributed by atoms with E-state index in [2.05, 4.69) is 5.32 Å². The van der Waals surface area contributed by atoms with E-state index in [1.807, 2.05) is 13.0 Å². The van der Waals surface area contributed by atoms with Gasteiger partial charge in [-0.25, -0.2) is 9.59 Å². The predicted octanol–water partition coefficient (Wildman–Crippen LogP) is 1.31. The highest BCUT2D eigenvalue weighted by molar-refractivity contribution is 5.98. The number of amides is 2. The van der Waals surface area contributed by atoms with Gasteiger partial charge < -0.3 is 10.1 Å². The van der Waals surface area contributed by atoms with E-state index in [0.29, 0.717) is 18.7 Å². The van der Waals surface area contributed by atoms with Gasteiger partial charge in [-0.3, -0.25) is 4.90 Å². The molecule has 0 bridgehead atoms. The zero-order chi connectivity index (χ0) is 12.4. The summed E-state index contributed by atoms with van der Waals surface area (Å²) in [6, 6.07) is 5.14. The first-order valence-electron chi connectivity index (χ1n) is 5.38. The Kier molecular flexibility index (Phi) is 2.99. The number of esters is 1. The zero-order valence-electron chi connectivity index (χ0n) is 9.82. The molecule has 17 heavy (non-hydrogen) atoms. The maximum Gasteiger partial charge on any atom is 0.338 e. The van der Waals surface area contributed by atoms with Crippen LogP contribution in [0.4, 0.5) is 10.5 Å². The Morgan fingerprint density at radius 2 is 2.24 bits per heavy atom. The minimum atomic E-state index is -0.385. The normalized spacial score (nSPS) is 14.7. The molecule has 0 saturated carbocycles. The summed E-state index contributed by atoms with van der Waals surface area (Å²) < 4.78 is 4.70. The number of anilines is 1. The molecule has 0 unspecified atom stereocenters. The lowest BCUT2D eigenvalue weighted by Crippen LogP contribution is -2.28. The van der Waals surface area contributed by atoms with E-state index in [1.54, 1.807) is 17.0 Å². The van der Waals surface area contributed by atoms with E-state index in [0.717, 1.165) is 11.3 Å². The number of urea groups is 1. The van der Waals surface area contributed by atoms with Crippen LogP contribution < -0.4 is 10.2 Å². The SMILES string of the molecule is COC(=O)c1cccc(N2CCNC2=O)c1C. The van der Waals surface area contributed by atoms with E-state index >= 15 is 0 Å². The first-order valence-corrected chi connectivity index (χ1v) is 5.38. The Morgan fingerprint density at radius 3 is 2.82 bits per heavy atom. The van der Waals surface area contributed by atoms with Crippen LogP contribution in [0, 0.1) is 6.92 Å². The molecule has 5 nitrogen and oxygen atoms in total. The number of carbonyl (C=O) groups excluding carboxylic acids is 2. The maximum absolute atomic E-state index is 11.6. The third kappa shape index (κ3) is 1.95. The van der Waals surface area contributed by atoms with Gasteiger partial charge in [0.25, 0.3) is 0 Å². The first-order chi connectivity index (χ1) is 8.15. The minimum absolute atomic E-state index is 0.130. The van der Waals surface area contributed by atoms with Crippen LogP contribution in [-0.2, 0) is 4.74 Å². The fraction of sp³-hybridized carbons (Fsp3) is 0.333. The fourth-order valence-corrected chi connectivity index (χ4v) is 1.95. The standard InChI is InChI=1S/C12H14N2O3/c1-8-9(11(15)17-2)4-3-5-10(8)14-7-6-13-12(14)16/h3-5H,6-7H2,1-2H3,(H,13,16). The van der Waals surface area contributed by atoms with E-state index in [4.69, 9.17) is 4.74 Å². The molecule has 1 aliphatic rings. The molecule has 2 rings (SSSR count). The van der Waals surface area contributed by atoms with Crippen LogP contribution in [0.5, 0.6) is 0 Å². The third-order valence-electron chi connectivity index (χ3n) is 2.86. The molecule has 1 N–H and O–H groups in total. The van der Waals surface area contributed by atoms with E-state index in [9.17, 15) is 9.59 Å². The van der Waals surface area contributed by atoms with Crippen LogP contribution >= 0.6 is 0 Å². The molecular weight excluding hydrogens is 220 g/mol. The molecule has 0 aliphatic carbocycles. The van der Waals surface area contributed by atoms with Crippen molar-refractivity contribution >= 4 is 17.7 Å². The largest absolute Gasteiger partial charge is 0.465 e. The Bertz CT molecular complexity index is 471. The molecule has 5 heteroatoms. The lowest BCUT2D eigenvalue weighted by Gasteiger charge is -2.18. The van der Waals surface area contributed by atoms with Crippen molar-refractivity contribution in [3.05, 3.63) is 29.3 Å². The summed E-state index contributed by atoms with van der Waals surface area (Å²) in [5.41, 5.74) is 2.00. The highest BCUT2D eigenvalue weighted by Gasteiger charge is 2.24. The van der Waals surface area contributed by atoms with Gasteiger partial charge >= 0.3 is 12.0 Å². The van der Waals surface area contributed by atoms with E-state index < -0.39 is 0 Å². The van der Waals surface area contributed by atoms with Gasteiger partial charge in [-0.1, -0.05) is 6.07 Å². The Labute approximate surface area is 99.4 Å². The van der Waals surface area contributed by atoms with Crippen LogP contribution in [0.25, 0.3) is 0 Å². The van der Waals surface area contributed by atoms with Crippen molar-refractivity contribution in [2.24, 2.45) is 0 Å². The average molecular weight is 234 g/mol. The Hall–Kier alpha value is -2.04. The highest BCUT2D eigenvalue weighted by atomic mass is 16.5. The minimum Gasteiger partial charge on any atom is -0.465 e. The van der Waals surface area contributed by atoms with Gasteiger partial charge in [0.1, 0.15) is 0 Å². The predicted molar refractivity (Wildman–Crippen MR) is 63.3 cm³/mol. The number of methoxy groups -OCH3 is 1. The summed E-state index contributed by atoms with van der Waals surface area (Å²) in [5, 5.41) is 2.73. The second-order valence-electron chi connectivity index (χ2n) is 3.82. The van der Waals surface area contributed by atoms with Crippen molar-refractivity contribution < 1.29 is 14.3 Å². The Balaban J connectivity index is 2.42. The maximum atomic E-state index is 11.6. The van der Waals surface area contributed by atoms with Crippen LogP contribution in [0.2, 0.25) is 0 Å². The van der Waals surface area contributed by atoms with Crippen molar-refractivity contribution in [2.45, 2.75) is 6.92 Å². The monoisotopic (exact) mass is 234 g/mol. The zero-order valence-corrected chi connectivity index (χ0v) is 9.82. The number of carbonyl (C=O) groups is 2. The van der Waals surface area contributed by atoms with Gasteiger partial charge in [0.15, 0.2) is 0 Å². The molecule has 1 saturated heterocycles. The van der Waals surface area contributed by atoms with Gasteiger partial charge in [-0.05, 0) is 24.6 Å². The number of ether oxygens (including phenoxy) is 1. The second-order valence-corrected chi connectivity index (χ2v) is 3.82. The van der Waals surface area contributed by atoms with Gasteiger partial charge in [0, 0.05) is 18.8 Å². The molecule has 1 aromatic carbocycles. The number of hydrogen-bond acceptors (Lipinski definition) is 3. The number of nitrogens with zero attached hydrogens (tertiary/aromatic N) is 1. The van der Waals surface area contributed by atoms with Gasteiger partial charge in [-0.2, -0.15) is 0 Å². The molecular formula is C12H14N2O3. The number of hydrogen-bond donors (Lipinski definition) is 1. The van der Waals surface area contributed by atoms with Gasteiger partial charge in [0.05, 0.1) is 12.7 Å². The van der Waals surface area contributed by atoms with Crippen molar-refractivity contribution in [3.63, 3.8) is 0 Å². The van der Waals surface area contributed by atoms with Gasteiger partial charge in [0.2, 0.25) is 0 Å². The number of nitrogens with one attached hydrogen (secondary N) is 1. The lowest BCUT2D eigenvalue weighted by atomic mass is 10.1. The molecule has 0 spiro atoms. The number of benzene rings is 1. The second kappa shape index (κ2) is 4.45. The molecule has 1 aromatic rings. The van der Waals surface area contributed by atoms with Crippen LogP contribution in [0.3, 0.4) is 0 Å². The molecule has 0 aromatic heterocycles. The quantitative estimate of drug-likeness (QED) is 0.785. The van der Waals surface area contributed by atoms with Crippen molar-refractivity contribution in [2.75, 3.05) is 25.1 Å². The van der Waals surface area contributed by atoms with Crippen LogP contribution in [-0.4, -0.2) is 32.2 Å². The summed E-state index contributed by atoms with van der Waals surface area (Å²) in [5.74, 6) is -0.385. The summed E-state index contributed by atoms with van der Waals surface area (Å²) in [7, 11) is 1.34. The van der Waals surface area contributed by atoms with Crippen molar-refractivity contribution in [1.29, 1.82) is 0 Å². The third-order valence-corrected chi connectivity index (χ3v) is 2.86. The fourth-order valence-electron chi connectivity index (χ4n) is 1.95. The Morgan fingerprint density at radius 1 is 1.47 bits per heavy atom. The van der Waals surface area contributed by atoms with E-state index in [-0.39, 0.29) is 12.0 Å². The summed E-state index contributed by atoms with van der Waals surface area (Å²) in [6.07, 6.45) is 0. The van der Waals surface area contributed by atoms with Crippen molar-refractivity contribution in [3.8, 4) is 0 Å². The molecule has 0 radical (unpaired) electrons. The smallest absolute Gasteiger partial charge is 0.338 e. The topological polar surface area (TPSA) is 58.6 Å². The molecule has 1 heterocycles. The lowest BCUT2D eigenvalue weighted by molar-refractivity contribution is 0.0600. The average Bonchev–Trinajstić information content (AvgIpc) is 2.75. The highest BCUT2D eigenvalue weighted by Crippen LogP contribution is 2.24. The molecule has 1 fully saturated rings. The molecule has 0 atom stereocenters. The molecule has 2 amide bonds. The van der Waals surface area contributed by atoms with E-state index in [1.165, 1.54) is 7.11 Å². The summed E-state index contributed by atoms with van der Waals surface area (Å²) >= 11 is 0. The molecule has 1 aliphatic heterocycles. The van der Waals surface area contributed by atoms with Crippen LogP contribution in [0.15, 0.2) is 18.2 Å². The first kappa shape index (κ1) is 11.4. The number of rotatable bonds is 2. The summed E-state index contributed by atoms with van der Waals surface area (Å²) in [6.45, 7) is 3.05. The van der Waals surface area contributed by atoms with Crippen LogP contribution in [0.1, 0.15) is 15.9 Å².